The van der Waals surface area contributed by atoms with Gasteiger partial charge in [-0.05, 0) is 35.7 Å². The van der Waals surface area contributed by atoms with Crippen LogP contribution in [0.25, 0.3) is 11.1 Å². The molecular formula is C15H15ClN2O. The summed E-state index contributed by atoms with van der Waals surface area (Å²) in [5.74, 6) is 0.990. The summed E-state index contributed by atoms with van der Waals surface area (Å²) in [6.45, 7) is 1.79. The first-order chi connectivity index (χ1) is 9.15. The minimum absolute atomic E-state index is 0.0639. The second-order valence-corrected chi connectivity index (χ2v) is 5.31. The molecule has 98 valence electrons. The molecule has 19 heavy (non-hydrogen) atoms. The van der Waals surface area contributed by atoms with Crippen LogP contribution in [0.4, 0.5) is 5.82 Å². The summed E-state index contributed by atoms with van der Waals surface area (Å²) in [4.78, 5) is 14.3. The van der Waals surface area contributed by atoms with Crippen LogP contribution in [0.1, 0.15) is 6.42 Å². The number of aromatic nitrogens is 1. The summed E-state index contributed by atoms with van der Waals surface area (Å²) < 4.78 is 1.84. The largest absolute Gasteiger partial charge is 0.361 e. The Labute approximate surface area is 117 Å². The van der Waals surface area contributed by atoms with E-state index in [4.69, 9.17) is 11.6 Å². The zero-order valence-corrected chi connectivity index (χ0v) is 11.5. The summed E-state index contributed by atoms with van der Waals surface area (Å²) in [5, 5.41) is 0.704. The van der Waals surface area contributed by atoms with Gasteiger partial charge < -0.3 is 4.90 Å². The van der Waals surface area contributed by atoms with E-state index < -0.39 is 0 Å². The molecule has 0 radical (unpaired) electrons. The number of hydrogen-bond acceptors (Lipinski definition) is 2. The quantitative estimate of drug-likeness (QED) is 0.799. The Morgan fingerprint density at radius 1 is 1.05 bits per heavy atom. The Morgan fingerprint density at radius 3 is 2.53 bits per heavy atom. The van der Waals surface area contributed by atoms with Crippen LogP contribution in [0.3, 0.4) is 0 Å². The van der Waals surface area contributed by atoms with Gasteiger partial charge in [0.05, 0.1) is 0 Å². The van der Waals surface area contributed by atoms with Crippen LogP contribution in [-0.2, 0) is 6.54 Å². The molecule has 1 aliphatic heterocycles. The molecule has 4 heteroatoms. The normalized spacial score (nSPS) is 14.3. The fourth-order valence-electron chi connectivity index (χ4n) is 2.51. The molecule has 0 aliphatic carbocycles. The fraction of sp³-hybridized carbons (Fsp3) is 0.267. The minimum atomic E-state index is 0.0639. The number of fused-ring (bicyclic) bond motifs is 1. The van der Waals surface area contributed by atoms with Crippen molar-refractivity contribution in [2.45, 2.75) is 13.0 Å². The van der Waals surface area contributed by atoms with Gasteiger partial charge in [-0.25, -0.2) is 0 Å². The molecule has 3 nitrogen and oxygen atoms in total. The van der Waals surface area contributed by atoms with Gasteiger partial charge in [0, 0.05) is 31.2 Å². The molecular weight excluding hydrogens is 260 g/mol. The van der Waals surface area contributed by atoms with Crippen LogP contribution >= 0.6 is 11.6 Å². The van der Waals surface area contributed by atoms with Crippen LogP contribution in [0.2, 0.25) is 5.02 Å². The molecule has 2 aromatic rings. The first-order valence-electron chi connectivity index (χ1n) is 6.37. The summed E-state index contributed by atoms with van der Waals surface area (Å²) in [6.07, 6.45) is 1.02. The maximum Gasteiger partial charge on any atom is 0.252 e. The summed E-state index contributed by atoms with van der Waals surface area (Å²) in [7, 11) is 2.02. The number of hydrogen-bond donors (Lipinski definition) is 0. The maximum absolute atomic E-state index is 12.2. The second kappa shape index (κ2) is 4.74. The third-order valence-corrected chi connectivity index (χ3v) is 3.80. The molecule has 0 spiro atoms. The standard InChI is InChI=1S/C15H15ClN2O/c1-17-7-2-8-18-14(17)9-12(10-15(18)19)11-3-5-13(16)6-4-11/h3-6,9-10H,2,7-8H2,1H3. The Bertz CT molecular complexity index is 661. The molecule has 0 unspecified atom stereocenters. The highest BCUT2D eigenvalue weighted by atomic mass is 35.5. The first kappa shape index (κ1) is 12.3. The number of halogens is 1. The van der Waals surface area contributed by atoms with E-state index in [-0.39, 0.29) is 5.56 Å². The summed E-state index contributed by atoms with van der Waals surface area (Å²) in [5.41, 5.74) is 2.03. The van der Waals surface area contributed by atoms with Crippen molar-refractivity contribution in [3.8, 4) is 11.1 Å². The fourth-order valence-corrected chi connectivity index (χ4v) is 2.64. The van der Waals surface area contributed by atoms with Crippen molar-refractivity contribution >= 4 is 17.4 Å². The highest BCUT2D eigenvalue weighted by Crippen LogP contribution is 2.25. The number of rotatable bonds is 1. The molecule has 1 aliphatic rings. The van der Waals surface area contributed by atoms with E-state index >= 15 is 0 Å². The van der Waals surface area contributed by atoms with E-state index in [9.17, 15) is 4.79 Å². The van der Waals surface area contributed by atoms with Gasteiger partial charge in [0.15, 0.2) is 0 Å². The lowest BCUT2D eigenvalue weighted by atomic mass is 10.1. The predicted molar refractivity (Wildman–Crippen MR) is 79.0 cm³/mol. The molecule has 1 aromatic carbocycles. The smallest absolute Gasteiger partial charge is 0.252 e. The summed E-state index contributed by atoms with van der Waals surface area (Å²) >= 11 is 5.89. The van der Waals surface area contributed by atoms with Crippen LogP contribution in [0, 0.1) is 0 Å². The van der Waals surface area contributed by atoms with Crippen molar-refractivity contribution in [2.75, 3.05) is 18.5 Å². The number of pyridine rings is 1. The molecule has 1 aromatic heterocycles. The topological polar surface area (TPSA) is 25.2 Å². The SMILES string of the molecule is CN1CCCn2c1cc(-c1ccc(Cl)cc1)cc2=O. The third-order valence-electron chi connectivity index (χ3n) is 3.55. The van der Waals surface area contributed by atoms with Gasteiger partial charge in [-0.15, -0.1) is 0 Å². The third kappa shape index (κ3) is 2.26. The Hall–Kier alpha value is -1.74. The average molecular weight is 275 g/mol. The van der Waals surface area contributed by atoms with Crippen molar-refractivity contribution in [1.82, 2.24) is 4.57 Å². The number of benzene rings is 1. The van der Waals surface area contributed by atoms with E-state index in [1.165, 1.54) is 0 Å². The van der Waals surface area contributed by atoms with Crippen LogP contribution in [0.5, 0.6) is 0 Å². The number of nitrogens with zero attached hydrogens (tertiary/aromatic N) is 2. The highest BCUT2D eigenvalue weighted by molar-refractivity contribution is 6.30. The van der Waals surface area contributed by atoms with Gasteiger partial charge in [-0.3, -0.25) is 9.36 Å². The zero-order valence-electron chi connectivity index (χ0n) is 10.8. The van der Waals surface area contributed by atoms with E-state index in [1.54, 1.807) is 6.07 Å². The van der Waals surface area contributed by atoms with E-state index in [0.29, 0.717) is 5.02 Å². The van der Waals surface area contributed by atoms with Gasteiger partial charge >= 0.3 is 0 Å². The van der Waals surface area contributed by atoms with E-state index in [2.05, 4.69) is 11.0 Å². The number of anilines is 1. The molecule has 0 bridgehead atoms. The molecule has 0 amide bonds. The lowest BCUT2D eigenvalue weighted by Crippen LogP contribution is -2.34. The van der Waals surface area contributed by atoms with Crippen LogP contribution < -0.4 is 10.5 Å². The average Bonchev–Trinajstić information content (AvgIpc) is 2.41. The van der Waals surface area contributed by atoms with Crippen molar-refractivity contribution in [2.24, 2.45) is 0 Å². The molecule has 0 saturated carbocycles. The molecule has 3 rings (SSSR count). The van der Waals surface area contributed by atoms with Crippen LogP contribution in [0.15, 0.2) is 41.2 Å². The molecule has 0 saturated heterocycles. The Balaban J connectivity index is 2.13. The van der Waals surface area contributed by atoms with Crippen LogP contribution in [-0.4, -0.2) is 18.2 Å². The Kier molecular flexibility index (Phi) is 3.07. The van der Waals surface area contributed by atoms with Crippen molar-refractivity contribution in [3.63, 3.8) is 0 Å². The molecule has 0 atom stereocenters. The van der Waals surface area contributed by atoms with Gasteiger partial charge in [0.1, 0.15) is 5.82 Å². The Morgan fingerprint density at radius 2 is 1.79 bits per heavy atom. The lowest BCUT2D eigenvalue weighted by Gasteiger charge is -2.29. The van der Waals surface area contributed by atoms with Gasteiger partial charge in [-0.2, -0.15) is 0 Å². The monoisotopic (exact) mass is 274 g/mol. The van der Waals surface area contributed by atoms with E-state index in [1.807, 2.05) is 35.9 Å². The van der Waals surface area contributed by atoms with Gasteiger partial charge in [0.25, 0.3) is 5.56 Å². The van der Waals surface area contributed by atoms with Crippen molar-refractivity contribution < 1.29 is 0 Å². The predicted octanol–water partition coefficient (Wildman–Crippen LogP) is 3.01. The molecule has 0 N–H and O–H groups in total. The van der Waals surface area contributed by atoms with E-state index in [0.717, 1.165) is 36.5 Å². The maximum atomic E-state index is 12.2. The molecule has 0 fully saturated rings. The van der Waals surface area contributed by atoms with Gasteiger partial charge in [0.2, 0.25) is 0 Å². The highest BCUT2D eigenvalue weighted by Gasteiger charge is 2.15. The lowest BCUT2D eigenvalue weighted by molar-refractivity contribution is 0.566. The van der Waals surface area contributed by atoms with Gasteiger partial charge in [-0.1, -0.05) is 23.7 Å². The minimum Gasteiger partial charge on any atom is -0.361 e. The van der Waals surface area contributed by atoms with Crippen molar-refractivity contribution in [3.05, 3.63) is 51.8 Å². The zero-order chi connectivity index (χ0) is 13.4. The molecule has 2 heterocycles. The summed E-state index contributed by atoms with van der Waals surface area (Å²) in [6, 6.07) is 11.3. The first-order valence-corrected chi connectivity index (χ1v) is 6.75. The second-order valence-electron chi connectivity index (χ2n) is 4.87. The van der Waals surface area contributed by atoms with Crippen molar-refractivity contribution in [1.29, 1.82) is 0 Å².